The molecule has 39 heteroatoms. The molecule has 3 aromatic heterocycles. The molecular weight excluding hydrogens is 1910 g/mol. The number of aromatic amines is 3. The van der Waals surface area contributed by atoms with E-state index in [0.29, 0.717) is 24.2 Å². The molecule has 2 unspecified atom stereocenters. The lowest BCUT2D eigenvalue weighted by atomic mass is 9.80. The Hall–Kier alpha value is -13.0. The number of carbonyl (C=O) groups excluding carboxylic acids is 3. The van der Waals surface area contributed by atoms with E-state index in [1.807, 2.05) is 202 Å². The first-order chi connectivity index (χ1) is 68.2. The third kappa shape index (κ3) is 24.5. The maximum absolute atomic E-state index is 14.1. The van der Waals surface area contributed by atoms with Crippen molar-refractivity contribution in [2.75, 3.05) is 53.3 Å². The van der Waals surface area contributed by atoms with Gasteiger partial charge in [-0.1, -0.05) is 232 Å². The average Bonchev–Trinajstić information content (AvgIpc) is 1.29. The summed E-state index contributed by atoms with van der Waals surface area (Å²) >= 11 is 0. The van der Waals surface area contributed by atoms with Crippen LogP contribution < -0.4 is 62.9 Å². The van der Waals surface area contributed by atoms with E-state index in [2.05, 4.69) is 46.4 Å². The zero-order valence-corrected chi connectivity index (χ0v) is 82.6. The Morgan fingerprint density at radius 1 is 0.451 bits per heavy atom. The molecule has 7 N–H and O–H groups in total. The summed E-state index contributed by atoms with van der Waals surface area (Å²) in [6.45, 7) is 13.8. The minimum Gasteiger partial charge on any atom is -0.497 e. The number of ether oxygens (including phenoxy) is 10. The summed E-state index contributed by atoms with van der Waals surface area (Å²) in [6, 6.07) is 72.4. The SMILES string of the molecule is CC[C@H]1O[C@@H](n2ccc(=O)[nH]c2=O)[C@H](NC(=O)OCC2c3ccccc3-c3ccccc32)[C@@H]1OP(C)(=O)Oc1ccc(COC(C)=O)cc1.CC[C@H]1O[C@@H](n2ccc(=O)[nH]c2=O)[C@H](OCSSC(C)(C)C)[C@@H]1OP(C)(=O)Oc1ccc(COC(c2ccccc2)(c2ccc(OC)cc2)c2ccc(OC)cc2)cc1.O=C(N[C@@H]1[C@H](O)[C@@H](CO)O[C@H]1n1ccc(=O)[nH]c1=O)OCC1c2ccccc2-c2ccccc21. The van der Waals surface area contributed by atoms with Crippen molar-refractivity contribution in [1.29, 1.82) is 0 Å². The lowest BCUT2D eigenvalue weighted by molar-refractivity contribution is -0.142. The first-order valence-corrected chi connectivity index (χ1v) is 52.1. The number of hydrogen-bond donors (Lipinski definition) is 7. The average molecular weight is 2020 g/mol. The van der Waals surface area contributed by atoms with Crippen molar-refractivity contribution in [3.05, 3.63) is 374 Å². The number of amides is 2. The number of H-pyrrole nitrogens is 3. The highest BCUT2D eigenvalue weighted by Crippen LogP contribution is 2.54. The van der Waals surface area contributed by atoms with Gasteiger partial charge in [0, 0.05) is 73.6 Å². The van der Waals surface area contributed by atoms with Crippen LogP contribution in [0.2, 0.25) is 0 Å². The number of aliphatic hydroxyl groups is 2. The summed E-state index contributed by atoms with van der Waals surface area (Å²) < 4.78 is 114. The van der Waals surface area contributed by atoms with Crippen LogP contribution in [0.1, 0.15) is 135 Å². The second-order valence-corrected chi connectivity index (χ2v) is 42.0. The molecule has 0 spiro atoms. The number of nitrogens with zero attached hydrogens (tertiary/aromatic N) is 3. The molecule has 0 bridgehead atoms. The van der Waals surface area contributed by atoms with Gasteiger partial charge in [-0.05, 0) is 134 Å². The van der Waals surface area contributed by atoms with E-state index >= 15 is 0 Å². The van der Waals surface area contributed by atoms with Crippen molar-refractivity contribution in [3.63, 3.8) is 0 Å². The van der Waals surface area contributed by atoms with E-state index in [9.17, 15) is 62.5 Å². The number of aromatic nitrogens is 6. The van der Waals surface area contributed by atoms with E-state index in [1.165, 1.54) is 60.3 Å². The maximum atomic E-state index is 14.1. The van der Waals surface area contributed by atoms with Gasteiger partial charge in [-0.3, -0.25) is 56.9 Å². The molecular formula is C103H110N8O27P2S2. The van der Waals surface area contributed by atoms with Crippen LogP contribution in [0.15, 0.2) is 290 Å². The number of benzene rings is 9. The molecule has 5 aliphatic rings. The van der Waals surface area contributed by atoms with Gasteiger partial charge in [0.25, 0.3) is 16.7 Å². The third-order valence-electron chi connectivity index (χ3n) is 24.3. The molecule has 12 aromatic rings. The summed E-state index contributed by atoms with van der Waals surface area (Å²) in [6.07, 6.45) is -6.71. The lowest BCUT2D eigenvalue weighted by Crippen LogP contribution is -2.49. The molecule has 17 rings (SSSR count). The van der Waals surface area contributed by atoms with Crippen LogP contribution in [0.5, 0.6) is 23.0 Å². The van der Waals surface area contributed by atoms with Gasteiger partial charge in [0.15, 0.2) is 18.7 Å². The summed E-state index contributed by atoms with van der Waals surface area (Å²) in [5.74, 6) is 1.49. The standard InChI is InChI=1S/C44H51N2O10PS2.C35H36N3O10P.C24H23N3O7/c1-8-37-39(40(52-29-58-59-43(2,3)4)41(54-37)46-27-26-38(47)45-42(46)48)56-57(7,49)55-36-20-14-30(15-21-36)28-53-44(31-12-10-9-11-13-31,32-16-22-34(50-5)23-17-32)33-18-24-35(51-6)25-19-33;1-4-29-32(48-49(3,43)47-23-15-13-22(14-16-23)19-44-21(2)39)31(33(46-29)38-18-17-30(40)36-34(38)41)37-35(42)45-20-28-26-11-7-5-9-24(26)25-10-6-8-12-27(25)28;28-11-18-21(30)20(22(34-18)27-10-9-19(29)25-23(27)31)26-24(32)33-12-17-15-7-3-1-5-13(15)14-6-2-4-8-16(14)17/h9-27,37,39-41H,8,28-29H2,1-7H3,(H,45,47,48);5-18,28-29,31-33H,4,19-20H2,1-3H3,(H,37,42)(H,36,40,41);1-10,17-18,20-22,28,30H,11-12H2,(H,26,32)(H,25,29,31)/t37-,39-,40-,41-,57?;29-,31-,32-,33-,49?;18-,20-,21-,22-/m111/s1. The van der Waals surface area contributed by atoms with E-state index in [0.717, 1.165) is 99.5 Å². The molecule has 3 saturated heterocycles. The molecule has 2 amide bonds. The van der Waals surface area contributed by atoms with Crippen LogP contribution >= 0.6 is 36.8 Å². The van der Waals surface area contributed by atoms with Gasteiger partial charge >= 0.3 is 50.4 Å². The normalized spacial score (nSPS) is 20.8. The molecule has 9 aromatic carbocycles. The predicted molar refractivity (Wildman–Crippen MR) is 532 cm³/mol. The number of carbonyl (C=O) groups is 3. The van der Waals surface area contributed by atoms with Crippen LogP contribution in [-0.4, -0.2) is 170 Å². The molecule has 14 atom stereocenters. The van der Waals surface area contributed by atoms with E-state index in [1.54, 1.807) is 61.4 Å². The first-order valence-electron chi connectivity index (χ1n) is 45.8. The monoisotopic (exact) mass is 2020 g/mol. The van der Waals surface area contributed by atoms with Crippen LogP contribution in [0.3, 0.4) is 0 Å². The van der Waals surface area contributed by atoms with Crippen molar-refractivity contribution >= 4 is 54.9 Å². The number of methoxy groups -OCH3 is 2. The number of alkyl carbamates (subject to hydrolysis) is 2. The van der Waals surface area contributed by atoms with Crippen LogP contribution in [0.4, 0.5) is 9.59 Å². The van der Waals surface area contributed by atoms with Crippen molar-refractivity contribution in [1.82, 2.24) is 39.3 Å². The highest BCUT2D eigenvalue weighted by atomic mass is 33.1. The van der Waals surface area contributed by atoms with Gasteiger partial charge in [0.05, 0.1) is 39.6 Å². The topological polar surface area (TPSA) is 444 Å². The summed E-state index contributed by atoms with van der Waals surface area (Å²) in [4.78, 5) is 117. The number of fused-ring (bicyclic) bond motifs is 6. The van der Waals surface area contributed by atoms with Gasteiger partial charge in [-0.25, -0.2) is 33.1 Å². The maximum Gasteiger partial charge on any atom is 0.407 e. The summed E-state index contributed by atoms with van der Waals surface area (Å²) in [5, 5.41) is 25.4. The molecule has 2 aliphatic carbocycles. The summed E-state index contributed by atoms with van der Waals surface area (Å²) in [7, 11) is -1.28. The molecule has 35 nitrogen and oxygen atoms in total. The Morgan fingerprint density at radius 3 is 1.24 bits per heavy atom. The van der Waals surface area contributed by atoms with Crippen molar-refractivity contribution in [3.8, 4) is 45.3 Å². The Kier molecular flexibility index (Phi) is 33.5. The first kappa shape index (κ1) is 103. The van der Waals surface area contributed by atoms with Gasteiger partial charge in [-0.15, -0.1) is 0 Å². The Morgan fingerprint density at radius 2 is 0.824 bits per heavy atom. The van der Waals surface area contributed by atoms with Gasteiger partial charge < -0.3 is 77.3 Å². The minimum atomic E-state index is -3.89. The third-order valence-corrected chi connectivity index (χ3v) is 29.6. The zero-order valence-electron chi connectivity index (χ0n) is 79.2. The minimum absolute atomic E-state index is 0.0238. The van der Waals surface area contributed by atoms with Gasteiger partial charge in [0.2, 0.25) is 0 Å². The molecule has 0 saturated carbocycles. The molecule has 746 valence electrons. The Labute approximate surface area is 824 Å². The largest absolute Gasteiger partial charge is 0.497 e. The number of esters is 1. The second-order valence-electron chi connectivity index (χ2n) is 35.0. The fourth-order valence-corrected chi connectivity index (χ4v) is 22.3. The fraction of sp³-hybridized carbons (Fsp3) is 0.330. The van der Waals surface area contributed by atoms with Crippen LogP contribution in [0, 0.1) is 0 Å². The van der Waals surface area contributed by atoms with Crippen LogP contribution in [-0.2, 0) is 79.7 Å². The predicted octanol–water partition coefficient (Wildman–Crippen LogP) is 15.0. The molecule has 3 fully saturated rings. The van der Waals surface area contributed by atoms with Crippen LogP contribution in [0.25, 0.3) is 22.3 Å². The highest BCUT2D eigenvalue weighted by Gasteiger charge is 2.53. The highest BCUT2D eigenvalue weighted by molar-refractivity contribution is 8.77. The van der Waals surface area contributed by atoms with E-state index in [4.69, 9.17) is 65.5 Å². The Balaban J connectivity index is 0.000000166. The van der Waals surface area contributed by atoms with Crippen molar-refractivity contribution < 1.29 is 99.2 Å². The smallest absolute Gasteiger partial charge is 0.407 e. The van der Waals surface area contributed by atoms with Gasteiger partial charge in [-0.2, -0.15) is 0 Å². The molecule has 0 radical (unpaired) electrons. The second kappa shape index (κ2) is 46.0. The number of rotatable bonds is 34. The number of hydrogen-bond acceptors (Lipinski definition) is 29. The molecule has 142 heavy (non-hydrogen) atoms. The van der Waals surface area contributed by atoms with Crippen molar-refractivity contribution in [2.24, 2.45) is 0 Å². The van der Waals surface area contributed by atoms with E-state index < -0.39 is 153 Å². The van der Waals surface area contributed by atoms with E-state index in [-0.39, 0.29) is 54.7 Å². The number of aliphatic hydroxyl groups excluding tert-OH is 2. The lowest BCUT2D eigenvalue weighted by Gasteiger charge is -2.36. The Bertz CT molecular complexity index is 6770. The van der Waals surface area contributed by atoms with Crippen molar-refractivity contribution in [2.45, 2.75) is 163 Å². The number of nitrogens with one attached hydrogen (secondary N) is 5. The fourth-order valence-electron chi connectivity index (χ4n) is 17.8. The molecule has 6 heterocycles. The molecule has 3 aliphatic heterocycles. The van der Waals surface area contributed by atoms with Gasteiger partial charge in [0.1, 0.15) is 97.0 Å². The summed E-state index contributed by atoms with van der Waals surface area (Å²) in [5.41, 5.74) is 7.85. The quantitative estimate of drug-likeness (QED) is 0.00374. The zero-order chi connectivity index (χ0) is 101.